The zero-order valence-electron chi connectivity index (χ0n) is 10.7. The molecule has 106 valence electrons. The molecule has 7 nitrogen and oxygen atoms in total. The van der Waals surface area contributed by atoms with Gasteiger partial charge in [-0.1, -0.05) is 0 Å². The Morgan fingerprint density at radius 2 is 2.06 bits per heavy atom. The minimum atomic E-state index is -3.85. The molecule has 8 heteroatoms. The van der Waals surface area contributed by atoms with Crippen LogP contribution in [-0.4, -0.2) is 33.7 Å². The maximum Gasteiger partial charge on any atom is 0.422 e. The van der Waals surface area contributed by atoms with E-state index >= 15 is 0 Å². The molecular formula is C10H21N3O4S. The van der Waals surface area contributed by atoms with Crippen LogP contribution in [-0.2, 0) is 14.9 Å². The lowest BCUT2D eigenvalue weighted by molar-refractivity contribution is 0.121. The van der Waals surface area contributed by atoms with E-state index < -0.39 is 16.3 Å². The van der Waals surface area contributed by atoms with Crippen molar-refractivity contribution >= 4 is 16.3 Å². The Morgan fingerprint density at radius 3 is 2.50 bits per heavy atom. The predicted octanol–water partition coefficient (Wildman–Crippen LogP) is 0.0844. The van der Waals surface area contributed by atoms with E-state index in [0.717, 1.165) is 19.3 Å². The third-order valence-corrected chi connectivity index (χ3v) is 3.79. The van der Waals surface area contributed by atoms with Gasteiger partial charge < -0.3 is 10.5 Å². The van der Waals surface area contributed by atoms with E-state index in [9.17, 15) is 13.2 Å². The number of carbonyl (C=O) groups is 1. The summed E-state index contributed by atoms with van der Waals surface area (Å²) in [5.74, 6) is 0. The van der Waals surface area contributed by atoms with Crippen molar-refractivity contribution in [1.82, 2.24) is 9.44 Å². The van der Waals surface area contributed by atoms with Gasteiger partial charge in [0.05, 0.1) is 6.10 Å². The molecule has 0 spiro atoms. The molecular weight excluding hydrogens is 258 g/mol. The monoisotopic (exact) mass is 279 g/mol. The van der Waals surface area contributed by atoms with Crippen LogP contribution in [0.25, 0.3) is 0 Å². The summed E-state index contributed by atoms with van der Waals surface area (Å²) in [6, 6.07) is 0. The molecule has 1 aliphatic rings. The summed E-state index contributed by atoms with van der Waals surface area (Å²) in [7, 11) is -3.85. The Kier molecular flexibility index (Phi) is 4.94. The van der Waals surface area contributed by atoms with Gasteiger partial charge in [0, 0.05) is 6.54 Å². The third kappa shape index (κ3) is 5.19. The van der Waals surface area contributed by atoms with Gasteiger partial charge >= 0.3 is 16.3 Å². The van der Waals surface area contributed by atoms with Crippen LogP contribution < -0.4 is 15.2 Å². The van der Waals surface area contributed by atoms with Crippen molar-refractivity contribution in [3.05, 3.63) is 0 Å². The van der Waals surface area contributed by atoms with Crippen LogP contribution >= 0.6 is 0 Å². The molecule has 1 fully saturated rings. The number of ether oxygens (including phenoxy) is 1. The van der Waals surface area contributed by atoms with Crippen LogP contribution in [0.15, 0.2) is 0 Å². The fourth-order valence-corrected chi connectivity index (χ4v) is 2.47. The number of rotatable bonds is 7. The first-order chi connectivity index (χ1) is 8.29. The molecule has 0 heterocycles. The van der Waals surface area contributed by atoms with Gasteiger partial charge in [0.2, 0.25) is 0 Å². The summed E-state index contributed by atoms with van der Waals surface area (Å²) in [4.78, 5) is 11.2. The summed E-state index contributed by atoms with van der Waals surface area (Å²) in [6.07, 6.45) is 1.37. The molecule has 1 saturated carbocycles. The number of amides is 1. The maximum absolute atomic E-state index is 11.5. The largest absolute Gasteiger partial charge is 0.446 e. The summed E-state index contributed by atoms with van der Waals surface area (Å²) < 4.78 is 31.9. The normalized spacial score (nSPS) is 17.6. The van der Waals surface area contributed by atoms with Gasteiger partial charge in [-0.2, -0.15) is 13.1 Å². The summed E-state index contributed by atoms with van der Waals surface area (Å²) >= 11 is 0. The van der Waals surface area contributed by atoms with Gasteiger partial charge in [0.15, 0.2) is 0 Å². The van der Waals surface area contributed by atoms with Crippen molar-refractivity contribution in [3.8, 4) is 0 Å². The number of nitrogens with one attached hydrogen (secondary N) is 2. The van der Waals surface area contributed by atoms with E-state index in [2.05, 4.69) is 4.72 Å². The van der Waals surface area contributed by atoms with Crippen molar-refractivity contribution in [1.29, 1.82) is 0 Å². The highest BCUT2D eigenvalue weighted by Crippen LogP contribution is 2.47. The first-order valence-electron chi connectivity index (χ1n) is 5.97. The fourth-order valence-electron chi connectivity index (χ4n) is 1.63. The predicted molar refractivity (Wildman–Crippen MR) is 67.0 cm³/mol. The average Bonchev–Trinajstić information content (AvgIpc) is 2.94. The van der Waals surface area contributed by atoms with E-state index in [0.29, 0.717) is 13.1 Å². The van der Waals surface area contributed by atoms with Gasteiger partial charge in [-0.3, -0.25) is 0 Å². The van der Waals surface area contributed by atoms with Crippen LogP contribution in [0.2, 0.25) is 0 Å². The Labute approximate surface area is 108 Å². The molecule has 0 aromatic heterocycles. The van der Waals surface area contributed by atoms with E-state index in [1.54, 1.807) is 18.6 Å². The van der Waals surface area contributed by atoms with Crippen molar-refractivity contribution in [2.45, 2.75) is 39.2 Å². The first kappa shape index (κ1) is 15.2. The Balaban J connectivity index is 2.38. The van der Waals surface area contributed by atoms with Crippen molar-refractivity contribution in [2.24, 2.45) is 11.1 Å². The van der Waals surface area contributed by atoms with E-state index in [-0.39, 0.29) is 11.5 Å². The number of nitrogens with two attached hydrogens (primary N) is 1. The number of hydrogen-bond acceptors (Lipinski definition) is 5. The van der Waals surface area contributed by atoms with Crippen molar-refractivity contribution < 1.29 is 17.9 Å². The topological polar surface area (TPSA) is 111 Å². The molecule has 1 rings (SSSR count). The summed E-state index contributed by atoms with van der Waals surface area (Å²) in [5.41, 5.74) is 5.44. The molecule has 0 aromatic rings. The Hall–Kier alpha value is -0.860. The van der Waals surface area contributed by atoms with Gasteiger partial charge in [0.25, 0.3) is 0 Å². The third-order valence-electron chi connectivity index (χ3n) is 2.83. The molecule has 4 N–H and O–H groups in total. The van der Waals surface area contributed by atoms with Gasteiger partial charge in [-0.05, 0) is 45.1 Å². The highest BCUT2D eigenvalue weighted by Gasteiger charge is 2.42. The molecule has 1 amide bonds. The second-order valence-corrected chi connectivity index (χ2v) is 6.42. The standard InChI is InChI=1S/C10H21N3O4S/c1-8(2)17-9(14)13-18(15,16)12-7-10(3-4-10)5-6-11/h8,12H,3-7,11H2,1-2H3,(H,13,14). The Morgan fingerprint density at radius 1 is 1.44 bits per heavy atom. The lowest BCUT2D eigenvalue weighted by atomic mass is 10.0. The lowest BCUT2D eigenvalue weighted by Crippen LogP contribution is -2.43. The fraction of sp³-hybridized carbons (Fsp3) is 0.900. The van der Waals surface area contributed by atoms with Gasteiger partial charge in [-0.25, -0.2) is 9.52 Å². The molecule has 0 unspecified atom stereocenters. The minimum absolute atomic E-state index is 0.0224. The smallest absolute Gasteiger partial charge is 0.422 e. The van der Waals surface area contributed by atoms with Crippen LogP contribution in [0.3, 0.4) is 0 Å². The number of hydrogen-bond donors (Lipinski definition) is 3. The van der Waals surface area contributed by atoms with Crippen molar-refractivity contribution in [3.63, 3.8) is 0 Å². The number of carbonyl (C=O) groups excluding carboxylic acids is 1. The molecule has 0 aliphatic heterocycles. The summed E-state index contributed by atoms with van der Waals surface area (Å²) in [6.45, 7) is 4.11. The van der Waals surface area contributed by atoms with Crippen LogP contribution in [0.1, 0.15) is 33.1 Å². The molecule has 0 radical (unpaired) electrons. The SMILES string of the molecule is CC(C)OC(=O)NS(=O)(=O)NCC1(CCN)CC1. The second-order valence-electron chi connectivity index (χ2n) is 4.92. The second kappa shape index (κ2) is 5.85. The van der Waals surface area contributed by atoms with Gasteiger partial charge in [-0.15, -0.1) is 0 Å². The van der Waals surface area contributed by atoms with E-state index in [1.807, 2.05) is 0 Å². The molecule has 18 heavy (non-hydrogen) atoms. The lowest BCUT2D eigenvalue weighted by Gasteiger charge is -2.15. The van der Waals surface area contributed by atoms with E-state index in [4.69, 9.17) is 10.5 Å². The molecule has 0 aromatic carbocycles. The molecule has 1 aliphatic carbocycles. The van der Waals surface area contributed by atoms with Crippen molar-refractivity contribution in [2.75, 3.05) is 13.1 Å². The summed E-state index contributed by atoms with van der Waals surface area (Å²) in [5, 5.41) is 0. The van der Waals surface area contributed by atoms with Crippen LogP contribution in [0.4, 0.5) is 4.79 Å². The van der Waals surface area contributed by atoms with Gasteiger partial charge in [0.1, 0.15) is 0 Å². The highest BCUT2D eigenvalue weighted by atomic mass is 32.2. The van der Waals surface area contributed by atoms with Crippen LogP contribution in [0, 0.1) is 5.41 Å². The molecule has 0 bridgehead atoms. The average molecular weight is 279 g/mol. The zero-order valence-corrected chi connectivity index (χ0v) is 11.5. The zero-order chi connectivity index (χ0) is 13.8. The first-order valence-corrected chi connectivity index (χ1v) is 7.45. The van der Waals surface area contributed by atoms with Crippen LogP contribution in [0.5, 0.6) is 0 Å². The molecule has 0 atom stereocenters. The quantitative estimate of drug-likeness (QED) is 0.611. The minimum Gasteiger partial charge on any atom is -0.446 e. The van der Waals surface area contributed by atoms with E-state index in [1.165, 1.54) is 0 Å². The Bertz CT molecular complexity index is 390. The maximum atomic E-state index is 11.5. The highest BCUT2D eigenvalue weighted by molar-refractivity contribution is 7.88. The molecule has 0 saturated heterocycles.